The molecule has 0 aliphatic rings. The van der Waals surface area contributed by atoms with E-state index < -0.39 is 0 Å². The Morgan fingerprint density at radius 2 is 0.968 bits per heavy atom. The summed E-state index contributed by atoms with van der Waals surface area (Å²) in [4.78, 5) is 4.55. The van der Waals surface area contributed by atoms with E-state index >= 15 is 0 Å². The van der Waals surface area contributed by atoms with E-state index in [1.165, 1.54) is 0 Å². The topological polar surface area (TPSA) is 108 Å². The van der Waals surface area contributed by atoms with Crippen molar-refractivity contribution in [1.29, 1.82) is 0 Å². The molecule has 0 fully saturated rings. The van der Waals surface area contributed by atoms with E-state index in [4.69, 9.17) is 10.2 Å². The minimum absolute atomic E-state index is 0. The van der Waals surface area contributed by atoms with Crippen LogP contribution in [0.5, 0.6) is 0 Å². The van der Waals surface area contributed by atoms with Crippen LogP contribution < -0.4 is 0 Å². The number of rotatable bonds is 6. The molecular formula is C23H23N5NiO2+4. The summed E-state index contributed by atoms with van der Waals surface area (Å²) < 4.78 is 0. The first kappa shape index (κ1) is 23.6. The molecule has 158 valence electrons. The molecule has 0 amide bonds. The van der Waals surface area contributed by atoms with Gasteiger partial charge in [0.05, 0.1) is 33.9 Å². The van der Waals surface area contributed by atoms with Gasteiger partial charge in [0, 0.05) is 0 Å². The van der Waals surface area contributed by atoms with E-state index in [1.807, 2.05) is 78.9 Å². The predicted molar refractivity (Wildman–Crippen MR) is 122 cm³/mol. The molecule has 0 aliphatic heterocycles. The Labute approximate surface area is 190 Å². The molecule has 3 aromatic rings. The molecule has 0 atom stereocenters. The van der Waals surface area contributed by atoms with Gasteiger partial charge in [-0.05, 0) is 50.2 Å². The van der Waals surface area contributed by atoms with Gasteiger partial charge in [0.25, 0.3) is 0 Å². The van der Waals surface area contributed by atoms with E-state index in [2.05, 4.69) is 25.4 Å². The second-order valence-corrected chi connectivity index (χ2v) is 6.41. The number of pyridine rings is 1. The number of benzene rings is 2. The molecule has 1 heterocycles. The van der Waals surface area contributed by atoms with Crippen molar-refractivity contribution in [2.75, 3.05) is 0 Å². The molecule has 0 radical (unpaired) electrons. The van der Waals surface area contributed by atoms with Crippen LogP contribution in [0.25, 0.3) is 0 Å². The fourth-order valence-corrected chi connectivity index (χ4v) is 2.50. The van der Waals surface area contributed by atoms with Crippen molar-refractivity contribution in [1.82, 2.24) is 4.98 Å². The second-order valence-electron chi connectivity index (χ2n) is 6.41. The Balaban J connectivity index is 0.00000341. The molecule has 1 aromatic heterocycles. The summed E-state index contributed by atoms with van der Waals surface area (Å²) in [5.41, 5.74) is 3.82. The molecule has 3 rings (SSSR count). The van der Waals surface area contributed by atoms with Gasteiger partial charge in [-0.1, -0.05) is 52.7 Å². The normalized spacial score (nSPS) is 13.0. The standard InChI is InChI=1S/C23H21N5O2.Ni/c1-16(25-27-22(29)18-10-5-3-6-11-18)20-14-9-15-21(24-20)17(2)26-28-23(30)19-12-7-4-8-13-19;/h3-15H,1-2H3,(H,27,29)(H,28,30);/q;+2/p+2. The van der Waals surface area contributed by atoms with Crippen molar-refractivity contribution in [3.05, 3.63) is 101 Å². The van der Waals surface area contributed by atoms with E-state index in [9.17, 15) is 0 Å². The first-order valence-electron chi connectivity index (χ1n) is 9.31. The molecule has 4 N–H and O–H groups in total. The molecule has 0 bridgehead atoms. The average Bonchev–Trinajstić information content (AvgIpc) is 2.81. The zero-order valence-electron chi connectivity index (χ0n) is 17.1. The van der Waals surface area contributed by atoms with Crippen LogP contribution in [0.4, 0.5) is 0 Å². The number of hydrogen-bond acceptors (Lipinski definition) is 5. The van der Waals surface area contributed by atoms with Gasteiger partial charge in [0.1, 0.15) is 0 Å². The smallest absolute Gasteiger partial charge is 0.577 e. The number of nitrogens with zero attached hydrogens (tertiary/aromatic N) is 5. The summed E-state index contributed by atoms with van der Waals surface area (Å²) in [6, 6.07) is 23.9. The van der Waals surface area contributed by atoms with Crippen LogP contribution in [-0.4, -0.2) is 38.4 Å². The van der Waals surface area contributed by atoms with Crippen LogP contribution in [0.1, 0.15) is 36.4 Å². The maximum absolute atomic E-state index is 8.02. The number of aromatic nitrogens is 1. The maximum Gasteiger partial charge on any atom is 2.00 e. The van der Waals surface area contributed by atoms with Gasteiger partial charge in [-0.25, -0.2) is 4.98 Å². The summed E-state index contributed by atoms with van der Waals surface area (Å²) in [6.07, 6.45) is 0. The summed E-state index contributed by atoms with van der Waals surface area (Å²) >= 11 is 0. The molecular weight excluding hydrogens is 437 g/mol. The minimum atomic E-state index is 0. The molecule has 8 heteroatoms. The van der Waals surface area contributed by atoms with Crippen molar-refractivity contribution in [2.45, 2.75) is 13.8 Å². The Morgan fingerprint density at radius 1 is 0.581 bits per heavy atom. The zero-order chi connectivity index (χ0) is 21.3. The molecule has 2 aromatic carbocycles. The molecule has 0 aliphatic carbocycles. The van der Waals surface area contributed by atoms with Crippen LogP contribution >= 0.6 is 0 Å². The quantitative estimate of drug-likeness (QED) is 0.182. The molecule has 0 saturated carbocycles. The van der Waals surface area contributed by atoms with Crippen LogP contribution in [0.2, 0.25) is 0 Å². The number of hydrogen-bond donors (Lipinski definition) is 0. The van der Waals surface area contributed by atoms with Gasteiger partial charge in [0.15, 0.2) is 0 Å². The maximum atomic E-state index is 8.02. The van der Waals surface area contributed by atoms with E-state index in [0.29, 0.717) is 33.9 Å². The van der Waals surface area contributed by atoms with Crippen LogP contribution in [-0.2, 0) is 16.5 Å². The predicted octanol–water partition coefficient (Wildman–Crippen LogP) is 2.87. The summed E-state index contributed by atoms with van der Waals surface area (Å²) in [5.74, 6) is 0.171. The van der Waals surface area contributed by atoms with Gasteiger partial charge in [-0.3, -0.25) is 0 Å². The Bertz CT molecular complexity index is 1040. The van der Waals surface area contributed by atoms with Crippen molar-refractivity contribution >= 4 is 23.2 Å². The monoisotopic (exact) mass is 459 g/mol. The first-order chi connectivity index (χ1) is 14.5. The third kappa shape index (κ3) is 6.69. The summed E-state index contributed by atoms with van der Waals surface area (Å²) in [6.45, 7) is 3.58. The average molecular weight is 460 g/mol. The van der Waals surface area contributed by atoms with Crippen LogP contribution in [0.3, 0.4) is 0 Å². The van der Waals surface area contributed by atoms with E-state index in [0.717, 1.165) is 0 Å². The van der Waals surface area contributed by atoms with Gasteiger partial charge in [0.2, 0.25) is 0 Å². The van der Waals surface area contributed by atoms with E-state index in [-0.39, 0.29) is 28.3 Å². The molecule has 7 nitrogen and oxygen atoms in total. The van der Waals surface area contributed by atoms with Crippen molar-refractivity contribution < 1.29 is 26.7 Å². The Kier molecular flexibility index (Phi) is 8.79. The third-order valence-electron chi connectivity index (χ3n) is 4.18. The van der Waals surface area contributed by atoms with Crippen molar-refractivity contribution in [2.24, 2.45) is 20.4 Å². The molecule has 0 saturated heterocycles. The third-order valence-corrected chi connectivity index (χ3v) is 4.18. The first-order valence-corrected chi connectivity index (χ1v) is 9.31. The zero-order valence-corrected chi connectivity index (χ0v) is 18.0. The Morgan fingerprint density at radius 3 is 1.35 bits per heavy atom. The minimum Gasteiger partial charge on any atom is -0.577 e. The molecule has 31 heavy (non-hydrogen) atoms. The second kappa shape index (κ2) is 11.5. The largest absolute Gasteiger partial charge is 2.00 e. The fourth-order valence-electron chi connectivity index (χ4n) is 2.50. The van der Waals surface area contributed by atoms with Gasteiger partial charge >= 0.3 is 28.3 Å². The van der Waals surface area contributed by atoms with Gasteiger partial charge in [-0.15, -0.1) is 10.2 Å². The fraction of sp³-hybridized carbons (Fsp3) is 0.0870. The van der Waals surface area contributed by atoms with Crippen molar-refractivity contribution in [3.63, 3.8) is 0 Å². The Hall–Kier alpha value is -3.64. The van der Waals surface area contributed by atoms with Crippen LogP contribution in [0.15, 0.2) is 99.3 Å². The molecule has 0 unspecified atom stereocenters. The molecule has 0 spiro atoms. The SMILES string of the molecule is CC(=NN=C([OH2+])c1ccccc1)c1cccc(C(C)=NN=C([OH2+])c2ccccc2)n1.[Ni+2]. The van der Waals surface area contributed by atoms with E-state index in [1.54, 1.807) is 13.8 Å². The van der Waals surface area contributed by atoms with Gasteiger partial charge in [-0.2, -0.15) is 0 Å². The van der Waals surface area contributed by atoms with Crippen LogP contribution in [0, 0.1) is 0 Å². The summed E-state index contributed by atoms with van der Waals surface area (Å²) in [7, 11) is 0. The van der Waals surface area contributed by atoms with Gasteiger partial charge < -0.3 is 10.2 Å². The van der Waals surface area contributed by atoms with Crippen molar-refractivity contribution in [3.8, 4) is 0 Å². The summed E-state index contributed by atoms with van der Waals surface area (Å²) in [5, 5.41) is 32.3.